The van der Waals surface area contributed by atoms with Crippen LogP contribution in [0, 0.1) is 5.92 Å². The quantitative estimate of drug-likeness (QED) is 0.708. The van der Waals surface area contributed by atoms with Crippen molar-refractivity contribution in [2.75, 3.05) is 32.8 Å². The van der Waals surface area contributed by atoms with Gasteiger partial charge in [0, 0.05) is 25.6 Å². The van der Waals surface area contributed by atoms with Gasteiger partial charge in [0.05, 0.1) is 19.3 Å². The van der Waals surface area contributed by atoms with E-state index >= 15 is 0 Å². The van der Waals surface area contributed by atoms with E-state index in [1.165, 1.54) is 0 Å². The van der Waals surface area contributed by atoms with Gasteiger partial charge in [-0.1, -0.05) is 0 Å². The van der Waals surface area contributed by atoms with Gasteiger partial charge in [0.25, 0.3) is 0 Å². The fraction of sp³-hybridized carbons (Fsp3) is 0.923. The Kier molecular flexibility index (Phi) is 4.12. The van der Waals surface area contributed by atoms with E-state index in [9.17, 15) is 4.79 Å². The summed E-state index contributed by atoms with van der Waals surface area (Å²) in [5.74, 6) is 0.520. The summed E-state index contributed by atoms with van der Waals surface area (Å²) >= 11 is 0. The molecule has 5 nitrogen and oxygen atoms in total. The average molecular weight is 256 g/mol. The molecule has 0 spiro atoms. The van der Waals surface area contributed by atoms with Crippen molar-refractivity contribution in [3.8, 4) is 0 Å². The summed E-state index contributed by atoms with van der Waals surface area (Å²) in [4.78, 5) is 13.8. The molecule has 18 heavy (non-hydrogen) atoms. The molecular weight excluding hydrogens is 232 g/mol. The Labute approximate surface area is 109 Å². The van der Waals surface area contributed by atoms with Gasteiger partial charge in [-0.15, -0.1) is 0 Å². The Bertz CT molecular complexity index is 301. The lowest BCUT2D eigenvalue weighted by Crippen LogP contribution is -2.50. The van der Waals surface area contributed by atoms with Gasteiger partial charge in [-0.3, -0.25) is 0 Å². The maximum Gasteiger partial charge on any atom is 0.410 e. The molecule has 1 amide bonds. The minimum Gasteiger partial charge on any atom is -0.444 e. The van der Waals surface area contributed by atoms with Gasteiger partial charge < -0.3 is 19.7 Å². The molecule has 0 radical (unpaired) electrons. The zero-order valence-corrected chi connectivity index (χ0v) is 11.6. The molecule has 0 aromatic rings. The van der Waals surface area contributed by atoms with Crippen LogP contribution in [0.1, 0.15) is 27.2 Å². The first-order chi connectivity index (χ1) is 8.46. The third-order valence-corrected chi connectivity index (χ3v) is 3.36. The van der Waals surface area contributed by atoms with Gasteiger partial charge in [-0.25, -0.2) is 4.79 Å². The van der Waals surface area contributed by atoms with Crippen molar-refractivity contribution >= 4 is 6.09 Å². The molecule has 0 unspecified atom stereocenters. The Morgan fingerprint density at radius 1 is 1.44 bits per heavy atom. The van der Waals surface area contributed by atoms with Crippen molar-refractivity contribution in [2.45, 2.75) is 38.9 Å². The van der Waals surface area contributed by atoms with Gasteiger partial charge >= 0.3 is 6.09 Å². The Hall–Kier alpha value is -0.810. The van der Waals surface area contributed by atoms with Gasteiger partial charge in [0.1, 0.15) is 5.60 Å². The number of nitrogens with zero attached hydrogens (tertiary/aromatic N) is 1. The van der Waals surface area contributed by atoms with Crippen molar-refractivity contribution in [2.24, 2.45) is 5.92 Å². The molecule has 0 aliphatic carbocycles. The molecule has 2 aliphatic rings. The summed E-state index contributed by atoms with van der Waals surface area (Å²) < 4.78 is 11.2. The van der Waals surface area contributed by atoms with Crippen LogP contribution >= 0.6 is 0 Å². The Balaban J connectivity index is 1.91. The van der Waals surface area contributed by atoms with Gasteiger partial charge in [0.15, 0.2) is 0 Å². The number of amides is 1. The third-order valence-electron chi connectivity index (χ3n) is 3.36. The van der Waals surface area contributed by atoms with Crippen molar-refractivity contribution in [3.63, 3.8) is 0 Å². The van der Waals surface area contributed by atoms with E-state index in [2.05, 4.69) is 5.32 Å². The third kappa shape index (κ3) is 3.59. The predicted molar refractivity (Wildman–Crippen MR) is 68.5 cm³/mol. The first-order valence-electron chi connectivity index (χ1n) is 6.76. The molecule has 1 N–H and O–H groups in total. The minimum atomic E-state index is -0.431. The standard InChI is InChI=1S/C13H24N2O3/c1-13(2,3)18-12(16)15-6-4-10-8-14-5-7-17-11(10)9-15/h10-11,14H,4-9H2,1-3H3/t10-,11-/m1/s1. The second kappa shape index (κ2) is 5.45. The van der Waals surface area contributed by atoms with E-state index in [1.54, 1.807) is 4.90 Å². The van der Waals surface area contributed by atoms with Crippen LogP contribution in [-0.4, -0.2) is 55.5 Å². The van der Waals surface area contributed by atoms with Crippen LogP contribution in [0.5, 0.6) is 0 Å². The van der Waals surface area contributed by atoms with Crippen molar-refractivity contribution in [3.05, 3.63) is 0 Å². The predicted octanol–water partition coefficient (Wildman–Crippen LogP) is 1.23. The molecular formula is C13H24N2O3. The van der Waals surface area contributed by atoms with Crippen molar-refractivity contribution in [1.82, 2.24) is 10.2 Å². The number of fused-ring (bicyclic) bond motifs is 1. The Morgan fingerprint density at radius 2 is 2.22 bits per heavy atom. The summed E-state index contributed by atoms with van der Waals surface area (Å²) in [6.07, 6.45) is 0.916. The number of likely N-dealkylation sites (tertiary alicyclic amines) is 1. The monoisotopic (exact) mass is 256 g/mol. The SMILES string of the molecule is CC(C)(C)OC(=O)N1CC[C@@H]2CNCCO[C@@H]2C1. The molecule has 0 saturated carbocycles. The summed E-state index contributed by atoms with van der Waals surface area (Å²) in [5.41, 5.74) is -0.431. The second-order valence-electron chi connectivity index (χ2n) is 6.09. The smallest absolute Gasteiger partial charge is 0.410 e. The zero-order valence-electron chi connectivity index (χ0n) is 11.6. The molecule has 0 aromatic carbocycles. The first-order valence-corrected chi connectivity index (χ1v) is 6.76. The van der Waals surface area contributed by atoms with Gasteiger partial charge in [0.2, 0.25) is 0 Å². The topological polar surface area (TPSA) is 50.8 Å². The molecule has 2 saturated heterocycles. The van der Waals surface area contributed by atoms with Crippen LogP contribution in [0.3, 0.4) is 0 Å². The molecule has 2 aliphatic heterocycles. The summed E-state index contributed by atoms with van der Waals surface area (Å²) in [6, 6.07) is 0. The molecule has 5 heteroatoms. The lowest BCUT2D eigenvalue weighted by molar-refractivity contribution is -0.0349. The number of piperidine rings is 1. The molecule has 104 valence electrons. The fourth-order valence-corrected chi connectivity index (χ4v) is 2.45. The molecule has 0 aromatic heterocycles. The van der Waals surface area contributed by atoms with Crippen LogP contribution in [0.4, 0.5) is 4.79 Å². The highest BCUT2D eigenvalue weighted by atomic mass is 16.6. The van der Waals surface area contributed by atoms with Crippen LogP contribution in [0.15, 0.2) is 0 Å². The summed E-state index contributed by atoms with van der Waals surface area (Å²) in [5, 5.41) is 3.37. The zero-order chi connectivity index (χ0) is 13.2. The highest BCUT2D eigenvalue weighted by molar-refractivity contribution is 5.68. The van der Waals surface area contributed by atoms with Crippen LogP contribution in [0.2, 0.25) is 0 Å². The lowest BCUT2D eigenvalue weighted by Gasteiger charge is -2.37. The Morgan fingerprint density at radius 3 is 2.94 bits per heavy atom. The molecule has 2 rings (SSSR count). The fourth-order valence-electron chi connectivity index (χ4n) is 2.45. The molecule has 0 bridgehead atoms. The van der Waals surface area contributed by atoms with Crippen LogP contribution in [0.25, 0.3) is 0 Å². The summed E-state index contributed by atoms with van der Waals surface area (Å²) in [7, 11) is 0. The normalized spacial score (nSPS) is 29.4. The van der Waals surface area contributed by atoms with E-state index < -0.39 is 5.60 Å². The number of ether oxygens (including phenoxy) is 2. The average Bonchev–Trinajstić information content (AvgIpc) is 2.50. The maximum absolute atomic E-state index is 12.0. The van der Waals surface area contributed by atoms with Gasteiger partial charge in [-0.05, 0) is 27.2 Å². The van der Waals surface area contributed by atoms with Crippen LogP contribution < -0.4 is 5.32 Å². The first kappa shape index (κ1) is 13.6. The largest absolute Gasteiger partial charge is 0.444 e. The van der Waals surface area contributed by atoms with Crippen molar-refractivity contribution < 1.29 is 14.3 Å². The van der Waals surface area contributed by atoms with E-state index in [1.807, 2.05) is 20.8 Å². The molecule has 2 atom stereocenters. The van der Waals surface area contributed by atoms with Gasteiger partial charge in [-0.2, -0.15) is 0 Å². The van der Waals surface area contributed by atoms with E-state index in [4.69, 9.17) is 9.47 Å². The second-order valence-corrected chi connectivity index (χ2v) is 6.09. The van der Waals surface area contributed by atoms with E-state index in [0.717, 1.165) is 32.7 Å². The summed E-state index contributed by atoms with van der Waals surface area (Å²) in [6.45, 7) is 9.72. The number of carbonyl (C=O) groups excluding carboxylic acids is 1. The number of rotatable bonds is 0. The number of hydrogen-bond acceptors (Lipinski definition) is 4. The number of nitrogens with one attached hydrogen (secondary N) is 1. The lowest BCUT2D eigenvalue weighted by atomic mass is 9.94. The minimum absolute atomic E-state index is 0.154. The molecule has 2 heterocycles. The highest BCUT2D eigenvalue weighted by Crippen LogP contribution is 2.23. The van der Waals surface area contributed by atoms with E-state index in [-0.39, 0.29) is 12.2 Å². The maximum atomic E-state index is 12.0. The number of hydrogen-bond donors (Lipinski definition) is 1. The molecule has 2 fully saturated rings. The van der Waals surface area contributed by atoms with E-state index in [0.29, 0.717) is 12.5 Å². The van der Waals surface area contributed by atoms with Crippen LogP contribution in [-0.2, 0) is 9.47 Å². The number of carbonyl (C=O) groups is 1. The highest BCUT2D eigenvalue weighted by Gasteiger charge is 2.34. The van der Waals surface area contributed by atoms with Crippen molar-refractivity contribution in [1.29, 1.82) is 0 Å².